The van der Waals surface area contributed by atoms with E-state index in [1.165, 1.54) is 12.5 Å². The summed E-state index contributed by atoms with van der Waals surface area (Å²) in [6.07, 6.45) is 7.15. The minimum atomic E-state index is -0.251. The van der Waals surface area contributed by atoms with Gasteiger partial charge in [0.25, 0.3) is 5.91 Å². The molecule has 0 atom stereocenters. The molecule has 1 aromatic heterocycles. The summed E-state index contributed by atoms with van der Waals surface area (Å²) in [5.41, 5.74) is 0.302. The summed E-state index contributed by atoms with van der Waals surface area (Å²) in [6, 6.07) is 1.57. The number of aliphatic hydroxyl groups is 1. The van der Waals surface area contributed by atoms with Crippen LogP contribution >= 0.6 is 0 Å². The average molecular weight is 294 g/mol. The fourth-order valence-electron chi connectivity index (χ4n) is 2.68. The van der Waals surface area contributed by atoms with E-state index in [-0.39, 0.29) is 36.8 Å². The van der Waals surface area contributed by atoms with E-state index in [2.05, 4.69) is 10.6 Å². The van der Waals surface area contributed by atoms with Gasteiger partial charge in [-0.15, -0.1) is 0 Å². The van der Waals surface area contributed by atoms with Crippen LogP contribution in [0.2, 0.25) is 0 Å². The Hall–Kier alpha value is -1.82. The van der Waals surface area contributed by atoms with Crippen LogP contribution in [0.15, 0.2) is 23.0 Å². The Labute approximate surface area is 123 Å². The molecule has 1 aliphatic rings. The van der Waals surface area contributed by atoms with Crippen LogP contribution in [-0.4, -0.2) is 36.6 Å². The Bertz CT molecular complexity index is 464. The standard InChI is InChI=1S/C15H22N2O4/c18-11-15(5-1-2-6-15)10-17-13(19)3-7-16-14(20)12-4-8-21-9-12/h4,8-9,18H,1-3,5-7,10-11H2,(H,16,20)(H,17,19). The highest BCUT2D eigenvalue weighted by Crippen LogP contribution is 2.36. The van der Waals surface area contributed by atoms with Crippen molar-refractivity contribution in [3.8, 4) is 0 Å². The largest absolute Gasteiger partial charge is 0.472 e. The maximum Gasteiger partial charge on any atom is 0.254 e. The van der Waals surface area contributed by atoms with Gasteiger partial charge in [-0.1, -0.05) is 12.8 Å². The van der Waals surface area contributed by atoms with Gasteiger partial charge in [0, 0.05) is 24.9 Å². The first-order chi connectivity index (χ1) is 10.2. The fraction of sp³-hybridized carbons (Fsp3) is 0.600. The molecule has 1 aliphatic carbocycles. The summed E-state index contributed by atoms with van der Waals surface area (Å²) in [5, 5.41) is 15.0. The summed E-state index contributed by atoms with van der Waals surface area (Å²) >= 11 is 0. The van der Waals surface area contributed by atoms with Gasteiger partial charge < -0.3 is 20.2 Å². The third-order valence-electron chi connectivity index (χ3n) is 4.08. The van der Waals surface area contributed by atoms with Gasteiger partial charge in [0.15, 0.2) is 0 Å². The second kappa shape index (κ2) is 7.26. The predicted octanol–water partition coefficient (Wildman–Crippen LogP) is 1.07. The SMILES string of the molecule is O=C(CCNC(=O)c1ccoc1)NCC1(CO)CCCC1. The molecule has 1 aromatic rings. The normalized spacial score (nSPS) is 16.6. The van der Waals surface area contributed by atoms with Crippen LogP contribution in [0.5, 0.6) is 0 Å². The van der Waals surface area contributed by atoms with Crippen molar-refractivity contribution in [1.29, 1.82) is 0 Å². The Morgan fingerprint density at radius 3 is 2.67 bits per heavy atom. The molecule has 1 saturated carbocycles. The molecule has 6 nitrogen and oxygen atoms in total. The maximum atomic E-state index is 11.8. The number of aliphatic hydroxyl groups excluding tert-OH is 1. The van der Waals surface area contributed by atoms with E-state index in [9.17, 15) is 14.7 Å². The van der Waals surface area contributed by atoms with Gasteiger partial charge in [-0.05, 0) is 18.9 Å². The van der Waals surface area contributed by atoms with Crippen LogP contribution in [0.1, 0.15) is 42.5 Å². The van der Waals surface area contributed by atoms with Crippen molar-refractivity contribution in [2.24, 2.45) is 5.41 Å². The van der Waals surface area contributed by atoms with E-state index < -0.39 is 0 Å². The van der Waals surface area contributed by atoms with Gasteiger partial charge in [0.2, 0.25) is 5.91 Å². The molecule has 0 unspecified atom stereocenters. The molecule has 0 bridgehead atoms. The van der Waals surface area contributed by atoms with Crippen LogP contribution in [0, 0.1) is 5.41 Å². The molecule has 6 heteroatoms. The van der Waals surface area contributed by atoms with Crippen molar-refractivity contribution in [1.82, 2.24) is 10.6 Å². The quantitative estimate of drug-likeness (QED) is 0.701. The van der Waals surface area contributed by atoms with Crippen molar-refractivity contribution < 1.29 is 19.1 Å². The van der Waals surface area contributed by atoms with Gasteiger partial charge in [-0.2, -0.15) is 0 Å². The highest BCUT2D eigenvalue weighted by Gasteiger charge is 2.33. The number of nitrogens with one attached hydrogen (secondary N) is 2. The minimum Gasteiger partial charge on any atom is -0.472 e. The molecule has 1 fully saturated rings. The van der Waals surface area contributed by atoms with E-state index in [4.69, 9.17) is 4.42 Å². The monoisotopic (exact) mass is 294 g/mol. The first-order valence-corrected chi connectivity index (χ1v) is 7.33. The van der Waals surface area contributed by atoms with Crippen molar-refractivity contribution >= 4 is 11.8 Å². The molecule has 3 N–H and O–H groups in total. The van der Waals surface area contributed by atoms with Crippen LogP contribution in [-0.2, 0) is 4.79 Å². The number of carbonyl (C=O) groups excluding carboxylic acids is 2. The number of carbonyl (C=O) groups is 2. The second-order valence-electron chi connectivity index (χ2n) is 5.66. The molecule has 0 radical (unpaired) electrons. The molecule has 2 rings (SSSR count). The van der Waals surface area contributed by atoms with E-state index in [1.54, 1.807) is 6.07 Å². The molecule has 0 aliphatic heterocycles. The molecule has 0 aromatic carbocycles. The Kier molecular flexibility index (Phi) is 5.38. The third-order valence-corrected chi connectivity index (χ3v) is 4.08. The van der Waals surface area contributed by atoms with Gasteiger partial charge >= 0.3 is 0 Å². The van der Waals surface area contributed by atoms with Gasteiger partial charge in [-0.25, -0.2) is 0 Å². The Morgan fingerprint density at radius 1 is 1.29 bits per heavy atom. The summed E-state index contributed by atoms with van der Waals surface area (Å²) in [4.78, 5) is 23.4. The van der Waals surface area contributed by atoms with Gasteiger partial charge in [-0.3, -0.25) is 9.59 Å². The van der Waals surface area contributed by atoms with E-state index in [1.807, 2.05) is 0 Å². The second-order valence-corrected chi connectivity index (χ2v) is 5.66. The minimum absolute atomic E-state index is 0.109. The summed E-state index contributed by atoms with van der Waals surface area (Å²) < 4.78 is 4.82. The highest BCUT2D eigenvalue weighted by molar-refractivity contribution is 5.93. The van der Waals surface area contributed by atoms with Crippen molar-refractivity contribution in [3.05, 3.63) is 24.2 Å². The molecular formula is C15H22N2O4. The van der Waals surface area contributed by atoms with Crippen LogP contribution < -0.4 is 10.6 Å². The lowest BCUT2D eigenvalue weighted by Gasteiger charge is -2.26. The van der Waals surface area contributed by atoms with Crippen LogP contribution in [0.25, 0.3) is 0 Å². The molecular weight excluding hydrogens is 272 g/mol. The van der Waals surface area contributed by atoms with E-state index in [0.29, 0.717) is 12.1 Å². The molecule has 0 spiro atoms. The molecule has 2 amide bonds. The number of hydrogen-bond acceptors (Lipinski definition) is 4. The van der Waals surface area contributed by atoms with Gasteiger partial charge in [0.1, 0.15) is 6.26 Å². The Balaban J connectivity index is 1.65. The first-order valence-electron chi connectivity index (χ1n) is 7.33. The number of hydrogen-bond donors (Lipinski definition) is 3. The van der Waals surface area contributed by atoms with Crippen LogP contribution in [0.4, 0.5) is 0 Å². The summed E-state index contributed by atoms with van der Waals surface area (Å²) in [7, 11) is 0. The summed E-state index contributed by atoms with van der Waals surface area (Å²) in [6.45, 7) is 0.907. The van der Waals surface area contributed by atoms with Crippen LogP contribution in [0.3, 0.4) is 0 Å². The highest BCUT2D eigenvalue weighted by atomic mass is 16.3. The number of furan rings is 1. The lowest BCUT2D eigenvalue weighted by atomic mass is 9.87. The Morgan fingerprint density at radius 2 is 2.05 bits per heavy atom. The molecule has 0 saturated heterocycles. The van der Waals surface area contributed by atoms with Crippen molar-refractivity contribution in [2.45, 2.75) is 32.1 Å². The molecule has 1 heterocycles. The molecule has 116 valence electrons. The van der Waals surface area contributed by atoms with E-state index in [0.717, 1.165) is 25.7 Å². The maximum absolute atomic E-state index is 11.8. The van der Waals surface area contributed by atoms with Crippen molar-refractivity contribution in [3.63, 3.8) is 0 Å². The smallest absolute Gasteiger partial charge is 0.254 e. The average Bonchev–Trinajstić information content (AvgIpc) is 3.17. The zero-order chi connectivity index (χ0) is 15.1. The number of amides is 2. The zero-order valence-electron chi connectivity index (χ0n) is 12.1. The molecule has 21 heavy (non-hydrogen) atoms. The summed E-state index contributed by atoms with van der Waals surface area (Å²) in [5.74, 6) is -0.360. The van der Waals surface area contributed by atoms with Gasteiger partial charge in [0.05, 0.1) is 18.4 Å². The fourth-order valence-corrected chi connectivity index (χ4v) is 2.68. The van der Waals surface area contributed by atoms with E-state index >= 15 is 0 Å². The zero-order valence-corrected chi connectivity index (χ0v) is 12.1. The first kappa shape index (κ1) is 15.6. The lowest BCUT2D eigenvalue weighted by molar-refractivity contribution is -0.121. The van der Waals surface area contributed by atoms with Crippen molar-refractivity contribution in [2.75, 3.05) is 19.7 Å². The topological polar surface area (TPSA) is 91.6 Å². The lowest BCUT2D eigenvalue weighted by Crippen LogP contribution is -2.39. The predicted molar refractivity (Wildman–Crippen MR) is 76.7 cm³/mol. The third kappa shape index (κ3) is 4.32. The number of rotatable bonds is 7.